The Hall–Kier alpha value is -2.75. The summed E-state index contributed by atoms with van der Waals surface area (Å²) in [5.74, 6) is 1.23. The molecule has 4 nitrogen and oxygen atoms in total. The molecule has 0 spiro atoms. The van der Waals surface area contributed by atoms with Gasteiger partial charge >= 0.3 is 0 Å². The van der Waals surface area contributed by atoms with Crippen molar-refractivity contribution in [3.8, 4) is 5.75 Å². The number of anilines is 1. The molecule has 25 heavy (non-hydrogen) atoms. The lowest BCUT2D eigenvalue weighted by molar-refractivity contribution is 0.102. The SMILES string of the molecule is COc1ccccc1NC(=O)c1ccc2[nH]c3c(c2c1)C[C@H](C)CC3. The van der Waals surface area contributed by atoms with Gasteiger partial charge in [-0.15, -0.1) is 0 Å². The lowest BCUT2D eigenvalue weighted by Gasteiger charge is -2.18. The van der Waals surface area contributed by atoms with E-state index < -0.39 is 0 Å². The van der Waals surface area contributed by atoms with E-state index in [0.717, 1.165) is 18.4 Å². The monoisotopic (exact) mass is 334 g/mol. The van der Waals surface area contributed by atoms with E-state index in [4.69, 9.17) is 4.74 Å². The second-order valence-electron chi connectivity index (χ2n) is 6.84. The predicted molar refractivity (Wildman–Crippen MR) is 100 cm³/mol. The molecule has 1 heterocycles. The van der Waals surface area contributed by atoms with Crippen LogP contribution in [0.25, 0.3) is 10.9 Å². The summed E-state index contributed by atoms with van der Waals surface area (Å²) in [7, 11) is 1.60. The van der Waals surface area contributed by atoms with E-state index in [2.05, 4.69) is 17.2 Å². The molecule has 0 aliphatic heterocycles. The molecular weight excluding hydrogens is 312 g/mol. The largest absolute Gasteiger partial charge is 0.495 e. The molecule has 0 radical (unpaired) electrons. The van der Waals surface area contributed by atoms with Crippen LogP contribution in [0.5, 0.6) is 5.75 Å². The highest BCUT2D eigenvalue weighted by atomic mass is 16.5. The van der Waals surface area contributed by atoms with Crippen LogP contribution in [0.2, 0.25) is 0 Å². The van der Waals surface area contributed by atoms with Crippen molar-refractivity contribution in [2.24, 2.45) is 5.92 Å². The predicted octanol–water partition coefficient (Wildman–Crippen LogP) is 4.55. The summed E-state index contributed by atoms with van der Waals surface area (Å²) in [5, 5.41) is 4.12. The van der Waals surface area contributed by atoms with Crippen LogP contribution in [0.15, 0.2) is 42.5 Å². The number of ether oxygens (including phenoxy) is 1. The summed E-state index contributed by atoms with van der Waals surface area (Å²) in [6, 6.07) is 13.3. The van der Waals surface area contributed by atoms with Crippen molar-refractivity contribution < 1.29 is 9.53 Å². The second-order valence-corrected chi connectivity index (χ2v) is 6.84. The van der Waals surface area contributed by atoms with Gasteiger partial charge in [0, 0.05) is 22.2 Å². The summed E-state index contributed by atoms with van der Waals surface area (Å²) in [6.07, 6.45) is 3.39. The van der Waals surface area contributed by atoms with Crippen LogP contribution < -0.4 is 10.1 Å². The number of aromatic amines is 1. The summed E-state index contributed by atoms with van der Waals surface area (Å²) >= 11 is 0. The molecule has 0 saturated carbocycles. The van der Waals surface area contributed by atoms with E-state index in [9.17, 15) is 4.79 Å². The summed E-state index contributed by atoms with van der Waals surface area (Å²) < 4.78 is 5.31. The number of benzene rings is 2. The van der Waals surface area contributed by atoms with Crippen molar-refractivity contribution in [1.29, 1.82) is 0 Å². The molecule has 4 rings (SSSR count). The van der Waals surface area contributed by atoms with Crippen molar-refractivity contribution in [3.05, 3.63) is 59.3 Å². The summed E-state index contributed by atoms with van der Waals surface area (Å²) in [6.45, 7) is 2.29. The normalized spacial score (nSPS) is 16.5. The van der Waals surface area contributed by atoms with E-state index in [0.29, 0.717) is 22.9 Å². The highest BCUT2D eigenvalue weighted by molar-refractivity contribution is 6.07. The molecule has 1 aliphatic carbocycles. The molecule has 0 saturated heterocycles. The fraction of sp³-hybridized carbons (Fsp3) is 0.286. The highest BCUT2D eigenvalue weighted by Gasteiger charge is 2.20. The van der Waals surface area contributed by atoms with Crippen LogP contribution in [-0.4, -0.2) is 18.0 Å². The molecule has 1 atom stereocenters. The van der Waals surface area contributed by atoms with Crippen LogP contribution in [0.4, 0.5) is 5.69 Å². The van der Waals surface area contributed by atoms with Gasteiger partial charge in [0.25, 0.3) is 5.91 Å². The Labute approximate surface area is 147 Å². The van der Waals surface area contributed by atoms with Crippen molar-refractivity contribution >= 4 is 22.5 Å². The molecule has 1 aromatic heterocycles. The first kappa shape index (κ1) is 15.8. The Kier molecular flexibility index (Phi) is 3.96. The van der Waals surface area contributed by atoms with Crippen molar-refractivity contribution in [1.82, 2.24) is 4.98 Å². The van der Waals surface area contributed by atoms with Crippen LogP contribution in [-0.2, 0) is 12.8 Å². The number of aromatic nitrogens is 1. The number of fused-ring (bicyclic) bond motifs is 3. The molecular formula is C21H22N2O2. The Morgan fingerprint density at radius 2 is 2.08 bits per heavy atom. The highest BCUT2D eigenvalue weighted by Crippen LogP contribution is 2.32. The topological polar surface area (TPSA) is 54.1 Å². The van der Waals surface area contributed by atoms with Gasteiger partial charge in [0.1, 0.15) is 5.75 Å². The number of methoxy groups -OCH3 is 1. The molecule has 0 bridgehead atoms. The second kappa shape index (κ2) is 6.28. The number of aryl methyl sites for hydroxylation is 1. The van der Waals surface area contributed by atoms with Crippen molar-refractivity contribution in [2.45, 2.75) is 26.2 Å². The van der Waals surface area contributed by atoms with Gasteiger partial charge in [-0.25, -0.2) is 0 Å². The number of amides is 1. The standard InChI is InChI=1S/C21H22N2O2/c1-13-7-9-17-15(11-13)16-12-14(8-10-18(16)22-17)21(24)23-19-5-3-4-6-20(19)25-2/h3-6,8,10,12-13,22H,7,9,11H2,1-2H3,(H,23,24)/t13-/m1/s1. The first-order valence-electron chi connectivity index (χ1n) is 8.73. The first-order chi connectivity index (χ1) is 12.2. The number of hydrogen-bond acceptors (Lipinski definition) is 2. The van der Waals surface area contributed by atoms with Crippen LogP contribution in [0, 0.1) is 5.92 Å². The first-order valence-corrected chi connectivity index (χ1v) is 8.73. The number of para-hydroxylation sites is 2. The number of carbonyl (C=O) groups excluding carboxylic acids is 1. The average molecular weight is 334 g/mol. The minimum Gasteiger partial charge on any atom is -0.495 e. The zero-order valence-corrected chi connectivity index (χ0v) is 14.6. The number of hydrogen-bond donors (Lipinski definition) is 2. The Morgan fingerprint density at radius 1 is 1.24 bits per heavy atom. The lowest BCUT2D eigenvalue weighted by Crippen LogP contribution is -2.13. The van der Waals surface area contributed by atoms with E-state index in [1.807, 2.05) is 42.5 Å². The van der Waals surface area contributed by atoms with E-state index >= 15 is 0 Å². The lowest BCUT2D eigenvalue weighted by atomic mass is 9.87. The van der Waals surface area contributed by atoms with Crippen molar-refractivity contribution in [2.75, 3.05) is 12.4 Å². The third-order valence-corrected chi connectivity index (χ3v) is 5.05. The van der Waals surface area contributed by atoms with Gasteiger partial charge in [0.2, 0.25) is 0 Å². The molecule has 1 amide bonds. The zero-order chi connectivity index (χ0) is 17.4. The molecule has 0 fully saturated rings. The van der Waals surface area contributed by atoms with Crippen LogP contribution in [0.1, 0.15) is 35.0 Å². The molecule has 1 aliphatic rings. The van der Waals surface area contributed by atoms with Gasteiger partial charge in [0.05, 0.1) is 12.8 Å². The maximum atomic E-state index is 12.7. The van der Waals surface area contributed by atoms with Crippen LogP contribution >= 0.6 is 0 Å². The third kappa shape index (κ3) is 2.88. The van der Waals surface area contributed by atoms with Gasteiger partial charge in [-0.1, -0.05) is 19.1 Å². The van der Waals surface area contributed by atoms with E-state index in [1.54, 1.807) is 7.11 Å². The van der Waals surface area contributed by atoms with Gasteiger partial charge in [0.15, 0.2) is 0 Å². The molecule has 4 heteroatoms. The van der Waals surface area contributed by atoms with E-state index in [-0.39, 0.29) is 5.91 Å². The summed E-state index contributed by atoms with van der Waals surface area (Å²) in [4.78, 5) is 16.2. The molecule has 128 valence electrons. The number of nitrogens with one attached hydrogen (secondary N) is 2. The quantitative estimate of drug-likeness (QED) is 0.738. The van der Waals surface area contributed by atoms with Gasteiger partial charge in [-0.3, -0.25) is 4.79 Å². The fourth-order valence-corrected chi connectivity index (χ4v) is 3.67. The van der Waals surface area contributed by atoms with Crippen LogP contribution in [0.3, 0.4) is 0 Å². The molecule has 0 unspecified atom stereocenters. The molecule has 2 N–H and O–H groups in total. The summed E-state index contributed by atoms with van der Waals surface area (Å²) in [5.41, 5.74) is 5.17. The molecule has 2 aromatic carbocycles. The van der Waals surface area contributed by atoms with Crippen molar-refractivity contribution in [3.63, 3.8) is 0 Å². The Balaban J connectivity index is 1.67. The van der Waals surface area contributed by atoms with Gasteiger partial charge in [-0.2, -0.15) is 0 Å². The zero-order valence-electron chi connectivity index (χ0n) is 14.6. The minimum atomic E-state index is -0.120. The Bertz CT molecular complexity index is 942. The minimum absolute atomic E-state index is 0.120. The molecule has 3 aromatic rings. The van der Waals surface area contributed by atoms with Gasteiger partial charge < -0.3 is 15.0 Å². The fourth-order valence-electron chi connectivity index (χ4n) is 3.67. The number of rotatable bonds is 3. The average Bonchev–Trinajstić information content (AvgIpc) is 2.99. The van der Waals surface area contributed by atoms with Gasteiger partial charge in [-0.05, 0) is 61.1 Å². The Morgan fingerprint density at radius 3 is 2.92 bits per heavy atom. The number of carbonyl (C=O) groups is 1. The van der Waals surface area contributed by atoms with E-state index in [1.165, 1.54) is 23.1 Å². The smallest absolute Gasteiger partial charge is 0.255 e. The maximum absolute atomic E-state index is 12.7. The number of H-pyrrole nitrogens is 1. The third-order valence-electron chi connectivity index (χ3n) is 5.05. The maximum Gasteiger partial charge on any atom is 0.255 e.